The van der Waals surface area contributed by atoms with Gasteiger partial charge in [-0.15, -0.1) is 0 Å². The molecule has 3 heteroatoms. The first-order valence-corrected chi connectivity index (χ1v) is 4.12. The Bertz CT molecular complexity index is 180. The Morgan fingerprint density at radius 1 is 1.40 bits per heavy atom. The first kappa shape index (κ1) is 6.53. The third-order valence-electron chi connectivity index (χ3n) is 2.71. The first-order chi connectivity index (χ1) is 4.70. The van der Waals surface area contributed by atoms with Gasteiger partial charge in [0.15, 0.2) is 0 Å². The minimum atomic E-state index is -0.621. The summed E-state index contributed by atoms with van der Waals surface area (Å²) in [6, 6.07) is 0. The molecule has 0 heterocycles. The Balaban J connectivity index is 2.08. The molecular weight excluding hydrogens is 148 g/mol. The number of carboxylic acids is 1. The minimum Gasteiger partial charge on any atom is -0.481 e. The monoisotopic (exact) mass is 158 g/mol. The lowest BCUT2D eigenvalue weighted by Crippen LogP contribution is -2.14. The van der Waals surface area contributed by atoms with Gasteiger partial charge in [0.05, 0.1) is 5.92 Å². The maximum Gasteiger partial charge on any atom is 0.306 e. The zero-order valence-electron chi connectivity index (χ0n) is 5.53. The fourth-order valence-corrected chi connectivity index (χ4v) is 2.60. The highest BCUT2D eigenvalue weighted by Crippen LogP contribution is 2.57. The standard InChI is InChI=1S/C7H10O2S/c8-7(9)5-2-6(10)4-1-3(4)5/h3-6,10H,1-2H2,(H,8,9). The summed E-state index contributed by atoms with van der Waals surface area (Å²) in [6.07, 6.45) is 1.89. The van der Waals surface area contributed by atoms with E-state index in [0.29, 0.717) is 17.1 Å². The van der Waals surface area contributed by atoms with Crippen LogP contribution in [0.3, 0.4) is 0 Å². The van der Waals surface area contributed by atoms with Gasteiger partial charge in [-0.25, -0.2) is 0 Å². The normalized spacial score (nSPS) is 50.5. The summed E-state index contributed by atoms with van der Waals surface area (Å²) in [7, 11) is 0. The van der Waals surface area contributed by atoms with Crippen LogP contribution < -0.4 is 0 Å². The molecule has 0 aromatic heterocycles. The predicted molar refractivity (Wildman–Crippen MR) is 40.1 cm³/mol. The molecule has 2 aliphatic carbocycles. The molecular formula is C7H10O2S. The second kappa shape index (κ2) is 1.91. The van der Waals surface area contributed by atoms with E-state index in [9.17, 15) is 4.79 Å². The smallest absolute Gasteiger partial charge is 0.306 e. The number of aliphatic carboxylic acids is 1. The number of carbonyl (C=O) groups is 1. The maximum absolute atomic E-state index is 10.6. The summed E-state index contributed by atoms with van der Waals surface area (Å²) in [6.45, 7) is 0. The highest BCUT2D eigenvalue weighted by Gasteiger charge is 2.55. The number of fused-ring (bicyclic) bond motifs is 1. The van der Waals surface area contributed by atoms with Gasteiger partial charge in [0.2, 0.25) is 0 Å². The van der Waals surface area contributed by atoms with E-state index in [1.165, 1.54) is 0 Å². The van der Waals surface area contributed by atoms with Crippen molar-refractivity contribution in [2.24, 2.45) is 17.8 Å². The van der Waals surface area contributed by atoms with Crippen molar-refractivity contribution in [2.75, 3.05) is 0 Å². The van der Waals surface area contributed by atoms with Gasteiger partial charge in [-0.2, -0.15) is 12.6 Å². The highest BCUT2D eigenvalue weighted by molar-refractivity contribution is 7.81. The van der Waals surface area contributed by atoms with Gasteiger partial charge in [0, 0.05) is 5.25 Å². The van der Waals surface area contributed by atoms with E-state index < -0.39 is 5.97 Å². The van der Waals surface area contributed by atoms with E-state index in [1.54, 1.807) is 0 Å². The maximum atomic E-state index is 10.6. The molecule has 2 fully saturated rings. The average Bonchev–Trinajstić information content (AvgIpc) is 2.55. The van der Waals surface area contributed by atoms with Crippen LogP contribution in [0.1, 0.15) is 12.8 Å². The first-order valence-electron chi connectivity index (χ1n) is 3.61. The molecule has 10 heavy (non-hydrogen) atoms. The Labute approximate surface area is 65.0 Å². The van der Waals surface area contributed by atoms with Crippen molar-refractivity contribution < 1.29 is 9.90 Å². The van der Waals surface area contributed by atoms with Crippen LogP contribution in [0.25, 0.3) is 0 Å². The summed E-state index contributed by atoms with van der Waals surface area (Å²) in [4.78, 5) is 10.6. The fraction of sp³-hybridized carbons (Fsp3) is 0.857. The molecule has 0 saturated heterocycles. The van der Waals surface area contributed by atoms with Crippen molar-refractivity contribution in [3.8, 4) is 0 Å². The van der Waals surface area contributed by atoms with Crippen LogP contribution in [-0.2, 0) is 4.79 Å². The SMILES string of the molecule is O=C(O)C1CC(S)C2CC12. The third-order valence-corrected chi connectivity index (χ3v) is 3.31. The van der Waals surface area contributed by atoms with Gasteiger partial charge in [0.1, 0.15) is 0 Å². The summed E-state index contributed by atoms with van der Waals surface area (Å²) >= 11 is 4.32. The summed E-state index contributed by atoms with van der Waals surface area (Å²) < 4.78 is 0. The lowest BCUT2D eigenvalue weighted by Gasteiger charge is -2.06. The molecule has 2 aliphatic rings. The minimum absolute atomic E-state index is 0.0764. The van der Waals surface area contributed by atoms with Gasteiger partial charge in [-0.1, -0.05) is 0 Å². The predicted octanol–water partition coefficient (Wildman–Crippen LogP) is 1.03. The van der Waals surface area contributed by atoms with Crippen LogP contribution in [-0.4, -0.2) is 16.3 Å². The van der Waals surface area contributed by atoms with E-state index in [4.69, 9.17) is 5.11 Å². The fourth-order valence-electron chi connectivity index (χ4n) is 2.03. The Morgan fingerprint density at radius 3 is 2.30 bits per heavy atom. The molecule has 0 aromatic carbocycles. The lowest BCUT2D eigenvalue weighted by atomic mass is 10.0. The summed E-state index contributed by atoms with van der Waals surface area (Å²) in [5, 5.41) is 9.06. The quantitative estimate of drug-likeness (QED) is 0.559. The molecule has 0 aromatic rings. The molecule has 0 spiro atoms. The Kier molecular flexibility index (Phi) is 1.24. The zero-order chi connectivity index (χ0) is 7.30. The number of carboxylic acid groups (broad SMARTS) is 1. The summed E-state index contributed by atoms with van der Waals surface area (Å²) in [5.74, 6) is 0.404. The van der Waals surface area contributed by atoms with Crippen molar-refractivity contribution in [3.05, 3.63) is 0 Å². The Morgan fingerprint density at radius 2 is 2.10 bits per heavy atom. The number of thiol groups is 1. The van der Waals surface area contributed by atoms with E-state index in [0.717, 1.165) is 12.8 Å². The van der Waals surface area contributed by atoms with Crippen molar-refractivity contribution in [1.82, 2.24) is 0 Å². The Hall–Kier alpha value is -0.180. The number of rotatable bonds is 1. The van der Waals surface area contributed by atoms with Gasteiger partial charge < -0.3 is 5.11 Å². The van der Waals surface area contributed by atoms with E-state index >= 15 is 0 Å². The second-order valence-electron chi connectivity index (χ2n) is 3.31. The molecule has 2 rings (SSSR count). The van der Waals surface area contributed by atoms with Crippen LogP contribution in [0.15, 0.2) is 0 Å². The van der Waals surface area contributed by atoms with Crippen LogP contribution in [0.5, 0.6) is 0 Å². The third kappa shape index (κ3) is 0.764. The van der Waals surface area contributed by atoms with Crippen LogP contribution >= 0.6 is 12.6 Å². The van der Waals surface area contributed by atoms with Crippen molar-refractivity contribution in [2.45, 2.75) is 18.1 Å². The van der Waals surface area contributed by atoms with Crippen molar-refractivity contribution in [3.63, 3.8) is 0 Å². The number of hydrogen-bond donors (Lipinski definition) is 2. The van der Waals surface area contributed by atoms with Gasteiger partial charge in [0.25, 0.3) is 0 Å². The van der Waals surface area contributed by atoms with Crippen molar-refractivity contribution in [1.29, 1.82) is 0 Å². The van der Waals surface area contributed by atoms with Crippen molar-refractivity contribution >= 4 is 18.6 Å². The molecule has 0 aliphatic heterocycles. The van der Waals surface area contributed by atoms with Gasteiger partial charge >= 0.3 is 5.97 Å². The van der Waals surface area contributed by atoms with E-state index in [2.05, 4.69) is 12.6 Å². The molecule has 0 bridgehead atoms. The topological polar surface area (TPSA) is 37.3 Å². The highest BCUT2D eigenvalue weighted by atomic mass is 32.1. The average molecular weight is 158 g/mol. The van der Waals surface area contributed by atoms with Crippen LogP contribution in [0.4, 0.5) is 0 Å². The molecule has 0 radical (unpaired) electrons. The van der Waals surface area contributed by atoms with Crippen LogP contribution in [0.2, 0.25) is 0 Å². The molecule has 2 nitrogen and oxygen atoms in total. The molecule has 4 unspecified atom stereocenters. The summed E-state index contributed by atoms with van der Waals surface area (Å²) in [5.41, 5.74) is 0. The molecule has 2 saturated carbocycles. The van der Waals surface area contributed by atoms with Crippen LogP contribution in [0, 0.1) is 17.8 Å². The van der Waals surface area contributed by atoms with Gasteiger partial charge in [-0.05, 0) is 24.7 Å². The second-order valence-corrected chi connectivity index (χ2v) is 3.97. The number of hydrogen-bond acceptors (Lipinski definition) is 2. The van der Waals surface area contributed by atoms with E-state index in [1.807, 2.05) is 0 Å². The molecule has 0 amide bonds. The van der Waals surface area contributed by atoms with E-state index in [-0.39, 0.29) is 5.92 Å². The van der Waals surface area contributed by atoms with Gasteiger partial charge in [-0.3, -0.25) is 4.79 Å². The zero-order valence-corrected chi connectivity index (χ0v) is 6.42. The lowest BCUT2D eigenvalue weighted by molar-refractivity contribution is -0.142. The molecule has 1 N–H and O–H groups in total. The largest absolute Gasteiger partial charge is 0.481 e. The molecule has 56 valence electrons. The molecule has 4 atom stereocenters.